The molecular formula is C10H4BrF2NO4. The van der Waals surface area contributed by atoms with Gasteiger partial charge in [-0.25, -0.2) is 13.6 Å². The lowest BCUT2D eigenvalue weighted by Crippen LogP contribution is -1.92. The number of aromatic carboxylic acids is 1. The van der Waals surface area contributed by atoms with Gasteiger partial charge in [-0.3, -0.25) is 0 Å². The zero-order chi connectivity index (χ0) is 13.4. The minimum Gasteiger partial charge on any atom is -0.504 e. The predicted molar refractivity (Wildman–Crippen MR) is 58.2 cm³/mol. The lowest BCUT2D eigenvalue weighted by Gasteiger charge is -2.05. The van der Waals surface area contributed by atoms with Crippen LogP contribution in [-0.4, -0.2) is 21.3 Å². The van der Waals surface area contributed by atoms with Gasteiger partial charge in [0.25, 0.3) is 0 Å². The topological polar surface area (TPSA) is 83.6 Å². The summed E-state index contributed by atoms with van der Waals surface area (Å²) in [7, 11) is 0. The molecule has 2 aromatic rings. The van der Waals surface area contributed by atoms with Crippen molar-refractivity contribution in [3.05, 3.63) is 34.0 Å². The summed E-state index contributed by atoms with van der Waals surface area (Å²) in [5, 5.41) is 21.3. The first-order valence-electron chi connectivity index (χ1n) is 4.48. The molecular weight excluding hydrogens is 316 g/mol. The van der Waals surface area contributed by atoms with Gasteiger partial charge in [-0.15, -0.1) is 0 Å². The third-order valence-electron chi connectivity index (χ3n) is 2.12. The second kappa shape index (κ2) is 4.37. The van der Waals surface area contributed by atoms with Gasteiger partial charge < -0.3 is 14.7 Å². The number of aromatic nitrogens is 1. The van der Waals surface area contributed by atoms with Gasteiger partial charge in [0.05, 0.1) is 10.0 Å². The molecule has 5 nitrogen and oxygen atoms in total. The number of nitrogens with zero attached hydrogens (tertiary/aromatic N) is 1. The van der Waals surface area contributed by atoms with Crippen molar-refractivity contribution >= 4 is 21.9 Å². The monoisotopic (exact) mass is 319 g/mol. The van der Waals surface area contributed by atoms with Crippen molar-refractivity contribution in [3.63, 3.8) is 0 Å². The van der Waals surface area contributed by atoms with Gasteiger partial charge in [0.15, 0.2) is 17.4 Å². The standard InChI is InChI=1S/C10H4BrF2NO4/c11-3-1-4(12)9(15)7(8(3)13)5-2-6(10(16)17)18-14-5/h1-2,15H,(H,16,17). The lowest BCUT2D eigenvalue weighted by atomic mass is 10.1. The Kier molecular flexibility index (Phi) is 3.04. The first-order chi connectivity index (χ1) is 8.41. The van der Waals surface area contributed by atoms with Crippen molar-refractivity contribution in [3.8, 4) is 17.0 Å². The summed E-state index contributed by atoms with van der Waals surface area (Å²) in [5.74, 6) is -4.98. The van der Waals surface area contributed by atoms with E-state index in [4.69, 9.17) is 5.11 Å². The van der Waals surface area contributed by atoms with Gasteiger partial charge >= 0.3 is 5.97 Å². The van der Waals surface area contributed by atoms with Crippen LogP contribution in [0.1, 0.15) is 10.6 Å². The average Bonchev–Trinajstić information content (AvgIpc) is 2.76. The molecule has 0 saturated carbocycles. The zero-order valence-corrected chi connectivity index (χ0v) is 10.0. The fourth-order valence-corrected chi connectivity index (χ4v) is 1.71. The molecule has 18 heavy (non-hydrogen) atoms. The molecule has 0 radical (unpaired) electrons. The van der Waals surface area contributed by atoms with Gasteiger partial charge in [-0.05, 0) is 22.0 Å². The van der Waals surface area contributed by atoms with Crippen LogP contribution < -0.4 is 0 Å². The molecule has 0 aliphatic carbocycles. The molecule has 0 unspecified atom stereocenters. The Morgan fingerprint density at radius 1 is 1.39 bits per heavy atom. The summed E-state index contributed by atoms with van der Waals surface area (Å²) in [6, 6.07) is 1.62. The van der Waals surface area contributed by atoms with Crippen LogP contribution in [0.3, 0.4) is 0 Å². The van der Waals surface area contributed by atoms with Crippen molar-refractivity contribution in [2.45, 2.75) is 0 Å². The van der Waals surface area contributed by atoms with Gasteiger partial charge in [0, 0.05) is 6.07 Å². The Morgan fingerprint density at radius 3 is 2.61 bits per heavy atom. The lowest BCUT2D eigenvalue weighted by molar-refractivity contribution is 0.0652. The number of carbonyl (C=O) groups is 1. The number of carboxylic acid groups (broad SMARTS) is 1. The summed E-state index contributed by atoms with van der Waals surface area (Å²) < 4.78 is 31.2. The summed E-state index contributed by atoms with van der Waals surface area (Å²) in [5.41, 5.74) is -0.888. The van der Waals surface area contributed by atoms with Crippen molar-refractivity contribution in [2.24, 2.45) is 0 Å². The third-order valence-corrected chi connectivity index (χ3v) is 2.70. The Morgan fingerprint density at radius 2 is 2.06 bits per heavy atom. The van der Waals surface area contributed by atoms with E-state index in [0.29, 0.717) is 0 Å². The highest BCUT2D eigenvalue weighted by molar-refractivity contribution is 9.10. The molecule has 94 valence electrons. The van der Waals surface area contributed by atoms with Crippen molar-refractivity contribution in [1.82, 2.24) is 5.16 Å². The van der Waals surface area contributed by atoms with Crippen molar-refractivity contribution in [1.29, 1.82) is 0 Å². The molecule has 2 N–H and O–H groups in total. The van der Waals surface area contributed by atoms with E-state index in [1.54, 1.807) is 0 Å². The fourth-order valence-electron chi connectivity index (χ4n) is 1.31. The molecule has 8 heteroatoms. The van der Waals surface area contributed by atoms with Crippen LogP contribution >= 0.6 is 15.9 Å². The van der Waals surface area contributed by atoms with E-state index >= 15 is 0 Å². The van der Waals surface area contributed by atoms with Crippen molar-refractivity contribution in [2.75, 3.05) is 0 Å². The smallest absolute Gasteiger partial charge is 0.374 e. The van der Waals surface area contributed by atoms with Gasteiger partial charge in [-0.2, -0.15) is 0 Å². The number of benzene rings is 1. The van der Waals surface area contributed by atoms with Crippen LogP contribution in [0.15, 0.2) is 21.1 Å². The maximum Gasteiger partial charge on any atom is 0.374 e. The first kappa shape index (κ1) is 12.5. The Hall–Kier alpha value is -1.96. The molecule has 0 aliphatic heterocycles. The molecule has 1 heterocycles. The first-order valence-corrected chi connectivity index (χ1v) is 5.28. The molecule has 0 bridgehead atoms. The zero-order valence-electron chi connectivity index (χ0n) is 8.45. The second-order valence-electron chi connectivity index (χ2n) is 3.26. The number of aromatic hydroxyl groups is 1. The number of halogens is 3. The number of hydrogen-bond donors (Lipinski definition) is 2. The summed E-state index contributed by atoms with van der Waals surface area (Å²) in [6.45, 7) is 0. The quantitative estimate of drug-likeness (QED) is 0.831. The predicted octanol–water partition coefficient (Wildman–Crippen LogP) is 2.79. The second-order valence-corrected chi connectivity index (χ2v) is 4.11. The van der Waals surface area contributed by atoms with Gasteiger partial charge in [-0.1, -0.05) is 5.16 Å². The fraction of sp³-hybridized carbons (Fsp3) is 0. The third kappa shape index (κ3) is 1.94. The number of hydrogen-bond acceptors (Lipinski definition) is 4. The number of phenols is 1. The summed E-state index contributed by atoms with van der Waals surface area (Å²) in [4.78, 5) is 10.6. The average molecular weight is 320 g/mol. The van der Waals surface area contributed by atoms with E-state index in [0.717, 1.165) is 12.1 Å². The number of rotatable bonds is 2. The van der Waals surface area contributed by atoms with E-state index in [1.165, 1.54) is 0 Å². The molecule has 0 spiro atoms. The minimum atomic E-state index is -1.41. The molecule has 1 aromatic carbocycles. The van der Waals surface area contributed by atoms with Gasteiger partial charge in [0.1, 0.15) is 5.69 Å². The van der Waals surface area contributed by atoms with Crippen LogP contribution in [0.25, 0.3) is 11.3 Å². The largest absolute Gasteiger partial charge is 0.504 e. The molecule has 0 fully saturated rings. The van der Waals surface area contributed by atoms with E-state index in [2.05, 4.69) is 25.6 Å². The number of phenolic OH excluding ortho intramolecular Hbond substituents is 1. The molecule has 0 saturated heterocycles. The molecule has 2 rings (SSSR count). The van der Waals surface area contributed by atoms with Crippen LogP contribution in [-0.2, 0) is 0 Å². The highest BCUT2D eigenvalue weighted by atomic mass is 79.9. The van der Waals surface area contributed by atoms with Crippen molar-refractivity contribution < 1.29 is 28.3 Å². The Balaban J connectivity index is 2.66. The minimum absolute atomic E-state index is 0.229. The molecule has 0 atom stereocenters. The maximum atomic E-state index is 13.7. The van der Waals surface area contributed by atoms with E-state index in [1.807, 2.05) is 0 Å². The normalized spacial score (nSPS) is 10.6. The summed E-state index contributed by atoms with van der Waals surface area (Å²) >= 11 is 2.76. The van der Waals surface area contributed by atoms with Crippen LogP contribution in [0, 0.1) is 11.6 Å². The van der Waals surface area contributed by atoms with Crippen LogP contribution in [0.5, 0.6) is 5.75 Å². The molecule has 0 aliphatic rings. The van der Waals surface area contributed by atoms with Crippen LogP contribution in [0.4, 0.5) is 8.78 Å². The summed E-state index contributed by atoms with van der Waals surface area (Å²) in [6.07, 6.45) is 0. The van der Waals surface area contributed by atoms with E-state index in [9.17, 15) is 18.7 Å². The van der Waals surface area contributed by atoms with E-state index < -0.39 is 34.7 Å². The Labute approximate surface area is 107 Å². The highest BCUT2D eigenvalue weighted by Crippen LogP contribution is 2.37. The Bertz CT molecular complexity index is 615. The maximum absolute atomic E-state index is 13.7. The number of carboxylic acids is 1. The SMILES string of the molecule is O=C(O)c1cc(-c2c(O)c(F)cc(Br)c2F)no1. The van der Waals surface area contributed by atoms with E-state index in [-0.39, 0.29) is 10.2 Å². The highest BCUT2D eigenvalue weighted by Gasteiger charge is 2.23. The molecule has 0 amide bonds. The van der Waals surface area contributed by atoms with Crippen LogP contribution in [0.2, 0.25) is 0 Å². The molecule has 1 aromatic heterocycles. The van der Waals surface area contributed by atoms with Gasteiger partial charge in [0.2, 0.25) is 5.76 Å².